The summed E-state index contributed by atoms with van der Waals surface area (Å²) in [6, 6.07) is 8.47. The molecule has 1 aromatic carbocycles. The second kappa shape index (κ2) is 4.34. The Morgan fingerprint density at radius 1 is 1.06 bits per heavy atom. The van der Waals surface area contributed by atoms with Crippen LogP contribution in [0.2, 0.25) is 5.15 Å². The molecular weight excluding hydrogens is 264 g/mol. The van der Waals surface area contributed by atoms with Crippen molar-refractivity contribution < 1.29 is 0 Å². The lowest BCUT2D eigenvalue weighted by atomic mass is 10.0. The van der Waals surface area contributed by atoms with Crippen molar-refractivity contribution in [3.8, 4) is 11.1 Å². The van der Waals surface area contributed by atoms with Gasteiger partial charge >= 0.3 is 0 Å². The van der Waals surface area contributed by atoms with E-state index in [0.717, 1.165) is 10.2 Å². The van der Waals surface area contributed by atoms with Crippen LogP contribution in [0.15, 0.2) is 30.6 Å². The van der Waals surface area contributed by atoms with Gasteiger partial charge in [-0.25, -0.2) is 9.97 Å². The van der Waals surface area contributed by atoms with Gasteiger partial charge in [-0.15, -0.1) is 11.3 Å². The van der Waals surface area contributed by atoms with Crippen molar-refractivity contribution >= 4 is 33.2 Å². The molecule has 0 aliphatic rings. The number of hydrogen-bond donors (Lipinski definition) is 0. The molecular formula is C14H11ClN2S. The van der Waals surface area contributed by atoms with Gasteiger partial charge in [0.2, 0.25) is 0 Å². The third-order valence-corrected chi connectivity index (χ3v) is 4.44. The van der Waals surface area contributed by atoms with Crippen LogP contribution >= 0.6 is 22.9 Å². The molecule has 2 nitrogen and oxygen atoms in total. The molecule has 18 heavy (non-hydrogen) atoms. The molecule has 0 saturated carbocycles. The van der Waals surface area contributed by atoms with Gasteiger partial charge in [-0.3, -0.25) is 0 Å². The quantitative estimate of drug-likeness (QED) is 0.605. The number of aryl methyl sites for hydroxylation is 2. The van der Waals surface area contributed by atoms with E-state index in [9.17, 15) is 0 Å². The molecule has 4 heteroatoms. The fourth-order valence-corrected chi connectivity index (χ4v) is 3.31. The highest BCUT2D eigenvalue weighted by Gasteiger charge is 2.14. The zero-order chi connectivity index (χ0) is 12.7. The lowest BCUT2D eigenvalue weighted by Gasteiger charge is -2.02. The van der Waals surface area contributed by atoms with Gasteiger partial charge in [-0.2, -0.15) is 0 Å². The zero-order valence-electron chi connectivity index (χ0n) is 10.1. The average molecular weight is 275 g/mol. The van der Waals surface area contributed by atoms with E-state index in [4.69, 9.17) is 11.6 Å². The van der Waals surface area contributed by atoms with E-state index < -0.39 is 0 Å². The molecule has 0 atom stereocenters. The first-order chi connectivity index (χ1) is 8.66. The number of hydrogen-bond acceptors (Lipinski definition) is 3. The summed E-state index contributed by atoms with van der Waals surface area (Å²) in [5.74, 6) is 0. The molecule has 0 aliphatic carbocycles. The van der Waals surface area contributed by atoms with Crippen molar-refractivity contribution in [2.75, 3.05) is 0 Å². The molecule has 0 fully saturated rings. The summed E-state index contributed by atoms with van der Waals surface area (Å²) in [4.78, 5) is 9.63. The Morgan fingerprint density at radius 3 is 2.50 bits per heavy atom. The molecule has 0 bridgehead atoms. The predicted octanol–water partition coefficient (Wildman–Crippen LogP) is 4.63. The maximum Gasteiger partial charge on any atom is 0.150 e. The van der Waals surface area contributed by atoms with E-state index in [1.54, 1.807) is 11.3 Å². The monoisotopic (exact) mass is 274 g/mol. The largest absolute Gasteiger partial charge is 0.235 e. The first kappa shape index (κ1) is 11.6. The van der Waals surface area contributed by atoms with Crippen molar-refractivity contribution in [3.05, 3.63) is 46.2 Å². The summed E-state index contributed by atoms with van der Waals surface area (Å²) < 4.78 is 0.965. The highest BCUT2D eigenvalue weighted by molar-refractivity contribution is 7.20. The van der Waals surface area contributed by atoms with Gasteiger partial charge in [-0.1, -0.05) is 41.4 Å². The Bertz CT molecular complexity index is 716. The van der Waals surface area contributed by atoms with Crippen LogP contribution in [0.1, 0.15) is 10.4 Å². The molecule has 0 radical (unpaired) electrons. The SMILES string of the molecule is Cc1ccc(-c2c(C)sc3c(Cl)ncnc23)cc1. The van der Waals surface area contributed by atoms with E-state index in [0.29, 0.717) is 5.15 Å². The Balaban J connectivity index is 2.32. The highest BCUT2D eigenvalue weighted by atomic mass is 35.5. The normalized spacial score (nSPS) is 11.1. The standard InChI is InChI=1S/C14H11ClN2S/c1-8-3-5-10(6-4-8)11-9(2)18-13-12(11)16-7-17-14(13)15/h3-7H,1-2H3. The molecule has 3 rings (SSSR count). The van der Waals surface area contributed by atoms with E-state index in [1.165, 1.54) is 27.9 Å². The van der Waals surface area contributed by atoms with Gasteiger partial charge < -0.3 is 0 Å². The first-order valence-electron chi connectivity index (χ1n) is 5.63. The van der Waals surface area contributed by atoms with Crippen molar-refractivity contribution in [1.29, 1.82) is 0 Å². The van der Waals surface area contributed by atoms with Crippen LogP contribution in [0.25, 0.3) is 21.3 Å². The average Bonchev–Trinajstić information content (AvgIpc) is 2.69. The summed E-state index contributed by atoms with van der Waals surface area (Å²) in [6.45, 7) is 4.18. The van der Waals surface area contributed by atoms with Crippen LogP contribution in [-0.2, 0) is 0 Å². The smallest absolute Gasteiger partial charge is 0.150 e. The maximum absolute atomic E-state index is 6.11. The Hall–Kier alpha value is -1.45. The van der Waals surface area contributed by atoms with Crippen LogP contribution in [0.5, 0.6) is 0 Å². The lowest BCUT2D eigenvalue weighted by Crippen LogP contribution is -1.83. The van der Waals surface area contributed by atoms with E-state index >= 15 is 0 Å². The predicted molar refractivity (Wildman–Crippen MR) is 77.3 cm³/mol. The van der Waals surface area contributed by atoms with Crippen molar-refractivity contribution in [2.24, 2.45) is 0 Å². The second-order valence-corrected chi connectivity index (χ2v) is 5.82. The molecule has 3 aromatic rings. The summed E-state index contributed by atoms with van der Waals surface area (Å²) in [7, 11) is 0. The summed E-state index contributed by atoms with van der Waals surface area (Å²) in [5, 5.41) is 0.534. The molecule has 0 unspecified atom stereocenters. The molecule has 0 amide bonds. The van der Waals surface area contributed by atoms with E-state index in [1.807, 2.05) is 0 Å². The zero-order valence-corrected chi connectivity index (χ0v) is 11.6. The van der Waals surface area contributed by atoms with Crippen LogP contribution < -0.4 is 0 Å². The Kier molecular flexibility index (Phi) is 2.80. The van der Waals surface area contributed by atoms with Crippen LogP contribution in [0, 0.1) is 13.8 Å². The van der Waals surface area contributed by atoms with E-state index in [-0.39, 0.29) is 0 Å². The number of rotatable bonds is 1. The fourth-order valence-electron chi connectivity index (χ4n) is 2.05. The third kappa shape index (κ3) is 1.80. The van der Waals surface area contributed by atoms with Crippen molar-refractivity contribution in [1.82, 2.24) is 9.97 Å². The summed E-state index contributed by atoms with van der Waals surface area (Å²) in [5.41, 5.74) is 4.54. The van der Waals surface area contributed by atoms with E-state index in [2.05, 4.69) is 48.1 Å². The molecule has 90 valence electrons. The number of benzene rings is 1. The number of fused-ring (bicyclic) bond motifs is 1. The van der Waals surface area contributed by atoms with Gasteiger partial charge in [0.15, 0.2) is 0 Å². The molecule has 0 aliphatic heterocycles. The Morgan fingerprint density at radius 2 is 1.78 bits per heavy atom. The number of nitrogens with zero attached hydrogens (tertiary/aromatic N) is 2. The molecule has 0 N–H and O–H groups in total. The molecule has 0 spiro atoms. The third-order valence-electron chi connectivity index (χ3n) is 2.94. The second-order valence-electron chi connectivity index (χ2n) is 4.24. The number of halogens is 1. The van der Waals surface area contributed by atoms with Crippen LogP contribution in [0.3, 0.4) is 0 Å². The maximum atomic E-state index is 6.11. The lowest BCUT2D eigenvalue weighted by molar-refractivity contribution is 1.23. The summed E-state index contributed by atoms with van der Waals surface area (Å²) >= 11 is 7.76. The fraction of sp³-hybridized carbons (Fsp3) is 0.143. The first-order valence-corrected chi connectivity index (χ1v) is 6.83. The number of aromatic nitrogens is 2. The minimum absolute atomic E-state index is 0.534. The highest BCUT2D eigenvalue weighted by Crippen LogP contribution is 2.39. The van der Waals surface area contributed by atoms with Crippen LogP contribution in [0.4, 0.5) is 0 Å². The molecule has 2 aromatic heterocycles. The minimum atomic E-state index is 0.534. The number of thiophene rings is 1. The molecule has 2 heterocycles. The topological polar surface area (TPSA) is 25.8 Å². The summed E-state index contributed by atoms with van der Waals surface area (Å²) in [6.07, 6.45) is 1.52. The van der Waals surface area contributed by atoms with Gasteiger partial charge in [0.1, 0.15) is 11.5 Å². The minimum Gasteiger partial charge on any atom is -0.235 e. The van der Waals surface area contributed by atoms with Crippen LogP contribution in [-0.4, -0.2) is 9.97 Å². The van der Waals surface area contributed by atoms with Gasteiger partial charge in [0.25, 0.3) is 0 Å². The van der Waals surface area contributed by atoms with Crippen molar-refractivity contribution in [2.45, 2.75) is 13.8 Å². The molecule has 0 saturated heterocycles. The van der Waals surface area contributed by atoms with Crippen molar-refractivity contribution in [3.63, 3.8) is 0 Å². The van der Waals surface area contributed by atoms with Gasteiger partial charge in [0.05, 0.1) is 10.2 Å². The van der Waals surface area contributed by atoms with Gasteiger partial charge in [0, 0.05) is 10.4 Å². The Labute approximate surface area is 114 Å². The van der Waals surface area contributed by atoms with Gasteiger partial charge in [-0.05, 0) is 19.4 Å².